The highest BCUT2D eigenvalue weighted by Gasteiger charge is 2.71. The van der Waals surface area contributed by atoms with Gasteiger partial charge in [0.05, 0.1) is 17.5 Å². The number of hydrogen-bond donors (Lipinski definition) is 2. The molecule has 4 atom stereocenters. The molecule has 186 valence electrons. The summed E-state index contributed by atoms with van der Waals surface area (Å²) in [5.41, 5.74) is 0.884. The van der Waals surface area contributed by atoms with E-state index in [1.54, 1.807) is 48.5 Å². The van der Waals surface area contributed by atoms with Crippen LogP contribution in [-0.2, 0) is 24.7 Å². The van der Waals surface area contributed by atoms with E-state index in [0.29, 0.717) is 29.0 Å². The zero-order valence-corrected chi connectivity index (χ0v) is 20.3. The summed E-state index contributed by atoms with van der Waals surface area (Å²) in [7, 11) is 0. The highest BCUT2D eigenvalue weighted by atomic mass is 16.2. The van der Waals surface area contributed by atoms with Crippen molar-refractivity contribution < 1.29 is 19.2 Å². The number of anilines is 3. The second-order valence-electron chi connectivity index (χ2n) is 9.64. The first-order valence-corrected chi connectivity index (χ1v) is 12.4. The maximum absolute atomic E-state index is 14.3. The number of hydrogen-bond acceptors (Lipinski definition) is 5. The lowest BCUT2D eigenvalue weighted by molar-refractivity contribution is -0.132. The highest BCUT2D eigenvalue weighted by molar-refractivity contribution is 6.26. The standard InChI is InChI=1S/C29H26N4O4/c1-2-21-24-25(27(36)33(26(24)35)19-13-7-4-8-14-19)29(31-21)20-15-9-10-16-22(20)32(28(29)37)17-23(34)30-18-11-5-3-6-12-18/h3-16,21,24-25,31H,2,17H2,1H3,(H,30,34)/t21-,24-,25-,29-/m0/s1. The third-order valence-corrected chi connectivity index (χ3v) is 7.68. The smallest absolute Gasteiger partial charge is 0.253 e. The van der Waals surface area contributed by atoms with Crippen LogP contribution in [0.3, 0.4) is 0 Å². The molecule has 8 heteroatoms. The van der Waals surface area contributed by atoms with Crippen LogP contribution in [0.4, 0.5) is 17.1 Å². The fourth-order valence-corrected chi connectivity index (χ4v) is 6.15. The number of para-hydroxylation sites is 3. The quantitative estimate of drug-likeness (QED) is 0.532. The molecule has 3 aromatic rings. The molecule has 0 aromatic heterocycles. The van der Waals surface area contributed by atoms with Gasteiger partial charge in [-0.1, -0.05) is 61.5 Å². The molecule has 3 aliphatic heterocycles. The predicted octanol–water partition coefficient (Wildman–Crippen LogP) is 3.05. The van der Waals surface area contributed by atoms with Gasteiger partial charge in [0, 0.05) is 23.0 Å². The van der Waals surface area contributed by atoms with Crippen molar-refractivity contribution in [2.45, 2.75) is 24.9 Å². The third kappa shape index (κ3) is 3.33. The zero-order chi connectivity index (χ0) is 25.7. The summed E-state index contributed by atoms with van der Waals surface area (Å²) in [6.07, 6.45) is 0.564. The van der Waals surface area contributed by atoms with Crippen LogP contribution in [0.2, 0.25) is 0 Å². The van der Waals surface area contributed by atoms with Crippen molar-refractivity contribution in [3.8, 4) is 0 Å². The van der Waals surface area contributed by atoms with E-state index in [-0.39, 0.29) is 30.3 Å². The van der Waals surface area contributed by atoms with Crippen LogP contribution in [0.1, 0.15) is 18.9 Å². The van der Waals surface area contributed by atoms with Crippen molar-refractivity contribution in [1.82, 2.24) is 5.32 Å². The number of rotatable bonds is 5. The Kier molecular flexibility index (Phi) is 5.42. The van der Waals surface area contributed by atoms with E-state index in [2.05, 4.69) is 10.6 Å². The molecule has 0 aliphatic carbocycles. The largest absolute Gasteiger partial charge is 0.325 e. The lowest BCUT2D eigenvalue weighted by atomic mass is 9.76. The minimum Gasteiger partial charge on any atom is -0.325 e. The molecule has 3 heterocycles. The van der Waals surface area contributed by atoms with E-state index in [1.165, 1.54) is 9.80 Å². The van der Waals surface area contributed by atoms with Crippen LogP contribution < -0.4 is 20.4 Å². The van der Waals surface area contributed by atoms with Gasteiger partial charge in [-0.2, -0.15) is 0 Å². The fourth-order valence-electron chi connectivity index (χ4n) is 6.15. The molecular weight excluding hydrogens is 468 g/mol. The van der Waals surface area contributed by atoms with Gasteiger partial charge in [0.1, 0.15) is 12.1 Å². The predicted molar refractivity (Wildman–Crippen MR) is 139 cm³/mol. The second-order valence-corrected chi connectivity index (χ2v) is 9.64. The van der Waals surface area contributed by atoms with E-state index in [4.69, 9.17) is 0 Å². The Bertz CT molecular complexity index is 1410. The Labute approximate surface area is 214 Å². The fraction of sp³-hybridized carbons (Fsp3) is 0.241. The summed E-state index contributed by atoms with van der Waals surface area (Å²) < 4.78 is 0. The molecule has 0 bridgehead atoms. The van der Waals surface area contributed by atoms with Crippen molar-refractivity contribution in [2.24, 2.45) is 11.8 Å². The van der Waals surface area contributed by atoms with Gasteiger partial charge in [0.2, 0.25) is 17.7 Å². The van der Waals surface area contributed by atoms with Crippen LogP contribution in [-0.4, -0.2) is 36.2 Å². The van der Waals surface area contributed by atoms with Crippen molar-refractivity contribution in [3.63, 3.8) is 0 Å². The number of carbonyl (C=O) groups is 4. The maximum atomic E-state index is 14.3. The van der Waals surface area contributed by atoms with Gasteiger partial charge < -0.3 is 10.2 Å². The van der Waals surface area contributed by atoms with Crippen LogP contribution in [0, 0.1) is 11.8 Å². The molecular formula is C29H26N4O4. The van der Waals surface area contributed by atoms with Crippen molar-refractivity contribution in [2.75, 3.05) is 21.7 Å². The summed E-state index contributed by atoms with van der Waals surface area (Å²) >= 11 is 0. The average molecular weight is 495 g/mol. The number of benzene rings is 3. The molecule has 2 saturated heterocycles. The SMILES string of the molecule is CC[C@@H]1N[C@]2(C(=O)N(CC(=O)Nc3ccccc3)c3ccccc32)[C@@H]2C(=O)N(c3ccccc3)C(=O)[C@@H]12. The van der Waals surface area contributed by atoms with Crippen LogP contribution >= 0.6 is 0 Å². The van der Waals surface area contributed by atoms with Crippen LogP contribution in [0.25, 0.3) is 0 Å². The topological polar surface area (TPSA) is 98.8 Å². The van der Waals surface area contributed by atoms with E-state index in [9.17, 15) is 19.2 Å². The number of nitrogens with one attached hydrogen (secondary N) is 2. The minimum absolute atomic E-state index is 0.215. The van der Waals surface area contributed by atoms with E-state index >= 15 is 0 Å². The molecule has 2 fully saturated rings. The summed E-state index contributed by atoms with van der Waals surface area (Å²) in [6.45, 7) is 1.72. The number of nitrogens with zero attached hydrogens (tertiary/aromatic N) is 2. The van der Waals surface area contributed by atoms with Gasteiger partial charge in [-0.15, -0.1) is 0 Å². The first kappa shape index (κ1) is 23.1. The van der Waals surface area contributed by atoms with E-state index in [1.807, 2.05) is 43.3 Å². The second kappa shape index (κ2) is 8.67. The molecule has 3 aromatic carbocycles. The van der Waals surface area contributed by atoms with Gasteiger partial charge in [0.25, 0.3) is 5.91 Å². The van der Waals surface area contributed by atoms with Crippen LogP contribution in [0.5, 0.6) is 0 Å². The van der Waals surface area contributed by atoms with E-state index < -0.39 is 23.3 Å². The summed E-state index contributed by atoms with van der Waals surface area (Å²) in [4.78, 5) is 57.5. The summed E-state index contributed by atoms with van der Waals surface area (Å²) in [6, 6.07) is 24.7. The zero-order valence-electron chi connectivity index (χ0n) is 20.3. The highest BCUT2D eigenvalue weighted by Crippen LogP contribution is 2.55. The van der Waals surface area contributed by atoms with Crippen molar-refractivity contribution in [1.29, 1.82) is 0 Å². The average Bonchev–Trinajstić information content (AvgIpc) is 3.49. The molecule has 4 amide bonds. The van der Waals surface area contributed by atoms with Crippen LogP contribution in [0.15, 0.2) is 84.9 Å². The molecule has 0 unspecified atom stereocenters. The third-order valence-electron chi connectivity index (χ3n) is 7.68. The number of fused-ring (bicyclic) bond motifs is 4. The van der Waals surface area contributed by atoms with Gasteiger partial charge in [-0.25, -0.2) is 4.90 Å². The Balaban J connectivity index is 1.40. The first-order valence-electron chi connectivity index (χ1n) is 12.4. The maximum Gasteiger partial charge on any atom is 0.253 e. The van der Waals surface area contributed by atoms with Gasteiger partial charge in [-0.05, 0) is 36.8 Å². The lowest BCUT2D eigenvalue weighted by Crippen LogP contribution is -2.55. The Morgan fingerprint density at radius 3 is 2.24 bits per heavy atom. The molecule has 0 radical (unpaired) electrons. The normalized spacial score (nSPS) is 26.1. The Morgan fingerprint density at radius 2 is 1.54 bits per heavy atom. The van der Waals surface area contributed by atoms with Gasteiger partial charge >= 0.3 is 0 Å². The first-order chi connectivity index (χ1) is 18.0. The lowest BCUT2D eigenvalue weighted by Gasteiger charge is -2.30. The van der Waals surface area contributed by atoms with Crippen molar-refractivity contribution in [3.05, 3.63) is 90.5 Å². The molecule has 6 rings (SSSR count). The summed E-state index contributed by atoms with van der Waals surface area (Å²) in [5, 5.41) is 6.25. The van der Waals surface area contributed by atoms with Crippen molar-refractivity contribution >= 4 is 40.7 Å². The minimum atomic E-state index is -1.43. The molecule has 1 spiro atoms. The van der Waals surface area contributed by atoms with E-state index in [0.717, 1.165) is 0 Å². The number of amides is 4. The monoisotopic (exact) mass is 494 g/mol. The number of carbonyl (C=O) groups excluding carboxylic acids is 4. The van der Waals surface area contributed by atoms with Gasteiger partial charge in [-0.3, -0.25) is 24.5 Å². The molecule has 0 saturated carbocycles. The Morgan fingerprint density at radius 1 is 0.892 bits per heavy atom. The summed E-state index contributed by atoms with van der Waals surface area (Å²) in [5.74, 6) is -3.05. The molecule has 37 heavy (non-hydrogen) atoms. The number of imide groups is 1. The van der Waals surface area contributed by atoms with Gasteiger partial charge in [0.15, 0.2) is 0 Å². The molecule has 8 nitrogen and oxygen atoms in total. The molecule has 2 N–H and O–H groups in total. The Hall–Kier alpha value is -4.30. The molecule has 3 aliphatic rings.